The topological polar surface area (TPSA) is 38.0 Å². The molecule has 0 heterocycles. The van der Waals surface area contributed by atoms with Crippen molar-refractivity contribution in [1.82, 2.24) is 5.32 Å². The van der Waals surface area contributed by atoms with Crippen molar-refractivity contribution in [2.24, 2.45) is 5.73 Å². The van der Waals surface area contributed by atoms with Gasteiger partial charge in [-0.05, 0) is 44.9 Å². The van der Waals surface area contributed by atoms with E-state index in [4.69, 9.17) is 5.73 Å². The molecule has 0 aliphatic carbocycles. The van der Waals surface area contributed by atoms with Crippen molar-refractivity contribution in [2.75, 3.05) is 6.54 Å². The predicted molar refractivity (Wildman–Crippen MR) is 73.3 cm³/mol. The van der Waals surface area contributed by atoms with E-state index in [1.54, 1.807) is 0 Å². The molecule has 3 N–H and O–H groups in total. The first-order valence-corrected chi connectivity index (χ1v) is 6.33. The summed E-state index contributed by atoms with van der Waals surface area (Å²) >= 11 is 0. The zero-order valence-corrected chi connectivity index (χ0v) is 11.2. The van der Waals surface area contributed by atoms with Gasteiger partial charge in [-0.3, -0.25) is 0 Å². The molecule has 1 atom stereocenters. The van der Waals surface area contributed by atoms with Crippen LogP contribution in [0.1, 0.15) is 52.9 Å². The second kappa shape index (κ2) is 8.40. The van der Waals surface area contributed by atoms with Gasteiger partial charge in [0.2, 0.25) is 0 Å². The largest absolute Gasteiger partial charge is 0.391 e. The zero-order valence-electron chi connectivity index (χ0n) is 11.2. The maximum absolute atomic E-state index is 6.21. The standard InChI is InChI=1S/C14H28N2/c1-5-7-9-14(4,15)10-8-11-16-12-13(3)6-2/h6,12,16H,2,5,7-11,15H2,1,3-4H3/b13-12+. The second-order valence-corrected chi connectivity index (χ2v) is 4.91. The molecule has 0 aliphatic heterocycles. The molecule has 94 valence electrons. The van der Waals surface area contributed by atoms with E-state index < -0.39 is 0 Å². The van der Waals surface area contributed by atoms with Crippen molar-refractivity contribution in [3.05, 3.63) is 24.4 Å². The average molecular weight is 224 g/mol. The highest BCUT2D eigenvalue weighted by atomic mass is 14.8. The van der Waals surface area contributed by atoms with Crippen LogP contribution in [0.4, 0.5) is 0 Å². The minimum absolute atomic E-state index is 0.00882. The average Bonchev–Trinajstić information content (AvgIpc) is 2.25. The van der Waals surface area contributed by atoms with Gasteiger partial charge in [-0.15, -0.1) is 0 Å². The SMILES string of the molecule is C=C/C(C)=C/NCCCC(C)(N)CCCC. The van der Waals surface area contributed by atoms with Gasteiger partial charge in [-0.25, -0.2) is 0 Å². The molecule has 0 amide bonds. The van der Waals surface area contributed by atoms with Crippen LogP contribution in [0.3, 0.4) is 0 Å². The maximum atomic E-state index is 6.21. The van der Waals surface area contributed by atoms with Crippen LogP contribution in [-0.4, -0.2) is 12.1 Å². The Morgan fingerprint density at radius 2 is 2.00 bits per heavy atom. The first kappa shape index (κ1) is 15.2. The van der Waals surface area contributed by atoms with Crippen molar-refractivity contribution < 1.29 is 0 Å². The van der Waals surface area contributed by atoms with Crippen molar-refractivity contribution in [1.29, 1.82) is 0 Å². The first-order chi connectivity index (χ1) is 7.52. The van der Waals surface area contributed by atoms with Crippen molar-refractivity contribution in [3.8, 4) is 0 Å². The Morgan fingerprint density at radius 1 is 1.38 bits per heavy atom. The van der Waals surface area contributed by atoms with Crippen LogP contribution in [0, 0.1) is 0 Å². The van der Waals surface area contributed by atoms with Gasteiger partial charge >= 0.3 is 0 Å². The fourth-order valence-electron chi connectivity index (χ4n) is 1.59. The van der Waals surface area contributed by atoms with Gasteiger partial charge in [0.05, 0.1) is 0 Å². The summed E-state index contributed by atoms with van der Waals surface area (Å²) in [5, 5.41) is 3.28. The summed E-state index contributed by atoms with van der Waals surface area (Å²) in [6, 6.07) is 0. The number of allylic oxidation sites excluding steroid dienone is 2. The van der Waals surface area contributed by atoms with Crippen LogP contribution in [-0.2, 0) is 0 Å². The molecule has 0 saturated carbocycles. The number of hydrogen-bond donors (Lipinski definition) is 2. The lowest BCUT2D eigenvalue weighted by Crippen LogP contribution is -2.36. The molecule has 0 radical (unpaired) electrons. The number of rotatable bonds is 9. The van der Waals surface area contributed by atoms with E-state index in [9.17, 15) is 0 Å². The highest BCUT2D eigenvalue weighted by Gasteiger charge is 2.16. The molecular formula is C14H28N2. The monoisotopic (exact) mass is 224 g/mol. The van der Waals surface area contributed by atoms with Crippen LogP contribution in [0.25, 0.3) is 0 Å². The molecule has 0 saturated heterocycles. The van der Waals surface area contributed by atoms with E-state index in [-0.39, 0.29) is 5.54 Å². The third-order valence-electron chi connectivity index (χ3n) is 2.82. The van der Waals surface area contributed by atoms with E-state index in [2.05, 4.69) is 25.7 Å². The molecule has 0 aliphatic rings. The summed E-state index contributed by atoms with van der Waals surface area (Å²) in [4.78, 5) is 0. The highest BCUT2D eigenvalue weighted by Crippen LogP contribution is 2.16. The van der Waals surface area contributed by atoms with Crippen LogP contribution >= 0.6 is 0 Å². The van der Waals surface area contributed by atoms with Crippen molar-refractivity contribution in [3.63, 3.8) is 0 Å². The summed E-state index contributed by atoms with van der Waals surface area (Å²) in [5.74, 6) is 0. The predicted octanol–water partition coefficient (Wildman–Crippen LogP) is 3.35. The number of nitrogens with one attached hydrogen (secondary N) is 1. The quantitative estimate of drug-likeness (QED) is 0.465. The van der Waals surface area contributed by atoms with Crippen LogP contribution in [0.15, 0.2) is 24.4 Å². The lowest BCUT2D eigenvalue weighted by molar-refractivity contribution is 0.376. The second-order valence-electron chi connectivity index (χ2n) is 4.91. The smallest absolute Gasteiger partial charge is 0.0142 e. The third-order valence-corrected chi connectivity index (χ3v) is 2.82. The molecule has 0 bridgehead atoms. The molecule has 2 heteroatoms. The van der Waals surface area contributed by atoms with E-state index in [1.807, 2.05) is 19.2 Å². The van der Waals surface area contributed by atoms with E-state index in [0.717, 1.165) is 25.8 Å². The Hall–Kier alpha value is -0.760. The zero-order chi connectivity index (χ0) is 12.4. The fourth-order valence-corrected chi connectivity index (χ4v) is 1.59. The lowest BCUT2D eigenvalue weighted by Gasteiger charge is -2.24. The van der Waals surface area contributed by atoms with Crippen molar-refractivity contribution >= 4 is 0 Å². The Morgan fingerprint density at radius 3 is 2.56 bits per heavy atom. The van der Waals surface area contributed by atoms with Gasteiger partial charge in [-0.1, -0.05) is 32.4 Å². The molecule has 0 spiro atoms. The Labute approximate surface area is 101 Å². The van der Waals surface area contributed by atoms with E-state index in [1.165, 1.54) is 18.4 Å². The third kappa shape index (κ3) is 8.54. The molecule has 0 aromatic carbocycles. The Bertz CT molecular complexity index is 217. The van der Waals surface area contributed by atoms with Gasteiger partial charge in [-0.2, -0.15) is 0 Å². The minimum Gasteiger partial charge on any atom is -0.391 e. The summed E-state index contributed by atoms with van der Waals surface area (Å²) in [7, 11) is 0. The normalized spacial score (nSPS) is 15.6. The van der Waals surface area contributed by atoms with Gasteiger partial charge in [0.15, 0.2) is 0 Å². The molecule has 1 unspecified atom stereocenters. The molecule has 0 aromatic rings. The van der Waals surface area contributed by atoms with Crippen LogP contribution in [0.5, 0.6) is 0 Å². The number of hydrogen-bond acceptors (Lipinski definition) is 2. The molecule has 2 nitrogen and oxygen atoms in total. The maximum Gasteiger partial charge on any atom is 0.0142 e. The Kier molecular flexibility index (Phi) is 8.00. The molecule has 0 fully saturated rings. The molecule has 0 aromatic heterocycles. The summed E-state index contributed by atoms with van der Waals surface area (Å²) in [5.41, 5.74) is 7.39. The Balaban J connectivity index is 3.60. The van der Waals surface area contributed by atoms with E-state index >= 15 is 0 Å². The first-order valence-electron chi connectivity index (χ1n) is 6.33. The van der Waals surface area contributed by atoms with Gasteiger partial charge in [0, 0.05) is 12.1 Å². The molecule has 16 heavy (non-hydrogen) atoms. The summed E-state index contributed by atoms with van der Waals surface area (Å²) in [6.45, 7) is 11.1. The van der Waals surface area contributed by atoms with Crippen LogP contribution < -0.4 is 11.1 Å². The highest BCUT2D eigenvalue weighted by molar-refractivity contribution is 5.11. The van der Waals surface area contributed by atoms with Gasteiger partial charge in [0.25, 0.3) is 0 Å². The van der Waals surface area contributed by atoms with Crippen LogP contribution in [0.2, 0.25) is 0 Å². The number of nitrogens with two attached hydrogens (primary N) is 1. The molecular weight excluding hydrogens is 196 g/mol. The summed E-state index contributed by atoms with van der Waals surface area (Å²) < 4.78 is 0. The van der Waals surface area contributed by atoms with Gasteiger partial charge < -0.3 is 11.1 Å². The van der Waals surface area contributed by atoms with E-state index in [0.29, 0.717) is 0 Å². The number of unbranched alkanes of at least 4 members (excludes halogenated alkanes) is 1. The minimum atomic E-state index is 0.00882. The fraction of sp³-hybridized carbons (Fsp3) is 0.714. The lowest BCUT2D eigenvalue weighted by atomic mass is 9.91. The summed E-state index contributed by atoms with van der Waals surface area (Å²) in [6.07, 6.45) is 9.65. The van der Waals surface area contributed by atoms with Gasteiger partial charge in [0.1, 0.15) is 0 Å². The molecule has 0 rings (SSSR count). The van der Waals surface area contributed by atoms with Crippen molar-refractivity contribution in [2.45, 2.75) is 58.4 Å².